The van der Waals surface area contributed by atoms with Gasteiger partial charge in [0.2, 0.25) is 5.60 Å². The number of benzene rings is 2. The number of carboxylic acid groups (broad SMARTS) is 1. The number of para-hydroxylation sites is 1. The number of fused-ring (bicyclic) bond motifs is 6. The van der Waals surface area contributed by atoms with Crippen molar-refractivity contribution in [3.8, 4) is 5.75 Å². The summed E-state index contributed by atoms with van der Waals surface area (Å²) in [5.41, 5.74) is 0.406. The van der Waals surface area contributed by atoms with Gasteiger partial charge in [-0.15, -0.1) is 0 Å². The van der Waals surface area contributed by atoms with Gasteiger partial charge >= 0.3 is 17.9 Å². The molecule has 0 amide bonds. The van der Waals surface area contributed by atoms with Crippen LogP contribution in [0.5, 0.6) is 5.75 Å². The number of aromatic nitrogens is 1. The zero-order valence-corrected chi connectivity index (χ0v) is 33.1. The molecule has 1 aromatic heterocycles. The molecule has 0 radical (unpaired) electrons. The lowest BCUT2D eigenvalue weighted by Gasteiger charge is -2.63. The normalized spacial score (nSPS) is 35.4. The van der Waals surface area contributed by atoms with Crippen LogP contribution in [0, 0.1) is 11.3 Å². The van der Waals surface area contributed by atoms with E-state index in [0.29, 0.717) is 55.9 Å². The Kier molecular flexibility index (Phi) is 8.37. The van der Waals surface area contributed by atoms with Gasteiger partial charge < -0.3 is 34.3 Å². The largest absolute Gasteiger partial charge is 0.496 e. The van der Waals surface area contributed by atoms with Gasteiger partial charge in [-0.05, 0) is 61.4 Å². The molecule has 1 saturated carbocycles. The van der Waals surface area contributed by atoms with E-state index in [1.165, 1.54) is 19.6 Å². The van der Waals surface area contributed by atoms with Crippen LogP contribution in [0.1, 0.15) is 68.8 Å². The molecule has 12 nitrogen and oxygen atoms in total. The number of esters is 2. The van der Waals surface area contributed by atoms with E-state index in [9.17, 15) is 19.8 Å². The second-order valence-electron chi connectivity index (χ2n) is 17.0. The van der Waals surface area contributed by atoms with Crippen LogP contribution in [0.2, 0.25) is 0 Å². The summed E-state index contributed by atoms with van der Waals surface area (Å²) in [7, 11) is 4.85. The molecule has 1 saturated heterocycles. The van der Waals surface area contributed by atoms with Crippen molar-refractivity contribution < 1.29 is 38.8 Å². The van der Waals surface area contributed by atoms with Gasteiger partial charge in [0.25, 0.3) is 0 Å². The molecule has 3 N–H and O–H groups in total. The molecular formula is C44H52N4O8. The van der Waals surface area contributed by atoms with Gasteiger partial charge in [-0.25, -0.2) is 4.79 Å². The smallest absolute Gasteiger partial charge is 0.341 e. The van der Waals surface area contributed by atoms with E-state index in [0.717, 1.165) is 47.2 Å². The Morgan fingerprint density at radius 3 is 2.54 bits per heavy atom. The Labute approximate surface area is 327 Å². The van der Waals surface area contributed by atoms with Crippen LogP contribution in [0.15, 0.2) is 60.2 Å². The number of hydrogen-bond donors (Lipinski definition) is 3. The highest BCUT2D eigenvalue weighted by molar-refractivity contribution is 5.95. The van der Waals surface area contributed by atoms with Crippen molar-refractivity contribution >= 4 is 34.5 Å². The molecule has 3 aromatic rings. The van der Waals surface area contributed by atoms with Crippen LogP contribution in [-0.2, 0) is 41.2 Å². The maximum absolute atomic E-state index is 15.1. The molecule has 9 rings (SSSR count). The third-order valence-corrected chi connectivity index (χ3v) is 14.6. The molecule has 1 spiro atoms. The average molecular weight is 765 g/mol. The summed E-state index contributed by atoms with van der Waals surface area (Å²) in [5.74, 6) is -2.03. The molecule has 2 aromatic carbocycles. The van der Waals surface area contributed by atoms with Gasteiger partial charge in [-0.1, -0.05) is 55.8 Å². The second kappa shape index (κ2) is 12.7. The van der Waals surface area contributed by atoms with Crippen LogP contribution < -0.4 is 9.64 Å². The van der Waals surface area contributed by atoms with Crippen molar-refractivity contribution in [2.24, 2.45) is 11.3 Å². The number of aliphatic carboxylic acids is 1. The minimum atomic E-state index is -2.51. The molecule has 5 aliphatic heterocycles. The Balaban J connectivity index is 1.37. The number of carbonyl (C=O) groups is 3. The highest BCUT2D eigenvalue weighted by atomic mass is 16.6. The van der Waals surface area contributed by atoms with E-state index in [1.54, 1.807) is 7.11 Å². The molecule has 1 unspecified atom stereocenters. The first-order valence-corrected chi connectivity index (χ1v) is 20.0. The van der Waals surface area contributed by atoms with Crippen molar-refractivity contribution in [1.82, 2.24) is 14.8 Å². The quantitative estimate of drug-likeness (QED) is 0.228. The van der Waals surface area contributed by atoms with Crippen molar-refractivity contribution in [3.05, 3.63) is 82.6 Å². The molecule has 12 heteroatoms. The summed E-state index contributed by atoms with van der Waals surface area (Å²) in [5, 5.41) is 25.2. The number of aliphatic hydroxyl groups is 1. The minimum absolute atomic E-state index is 0.0124. The highest BCUT2D eigenvalue weighted by Gasteiger charge is 2.80. The summed E-state index contributed by atoms with van der Waals surface area (Å²) in [4.78, 5) is 52.2. The van der Waals surface area contributed by atoms with E-state index < -0.39 is 51.9 Å². The molecule has 296 valence electrons. The lowest BCUT2D eigenvalue weighted by molar-refractivity contribution is -0.226. The number of H-pyrrole nitrogens is 1. The lowest BCUT2D eigenvalue weighted by Crippen LogP contribution is -2.81. The lowest BCUT2D eigenvalue weighted by atomic mass is 9.47. The fraction of sp³-hybridized carbons (Fsp3) is 0.523. The number of ether oxygens (including phenoxy) is 3. The van der Waals surface area contributed by atoms with E-state index >= 15 is 4.79 Å². The van der Waals surface area contributed by atoms with Gasteiger partial charge in [-0.3, -0.25) is 19.4 Å². The first kappa shape index (κ1) is 37.0. The van der Waals surface area contributed by atoms with Gasteiger partial charge in [-0.2, -0.15) is 0 Å². The van der Waals surface area contributed by atoms with Gasteiger partial charge in [0.1, 0.15) is 11.2 Å². The van der Waals surface area contributed by atoms with E-state index in [1.807, 2.05) is 55.3 Å². The summed E-state index contributed by atoms with van der Waals surface area (Å²) in [6.07, 6.45) is 7.25. The van der Waals surface area contributed by atoms with Crippen LogP contribution in [-0.4, -0.2) is 114 Å². The van der Waals surface area contributed by atoms with Crippen LogP contribution in [0.4, 0.5) is 5.69 Å². The van der Waals surface area contributed by atoms with Crippen molar-refractivity contribution in [1.29, 1.82) is 0 Å². The first-order valence-electron chi connectivity index (χ1n) is 20.0. The fourth-order valence-electron chi connectivity index (χ4n) is 12.7. The van der Waals surface area contributed by atoms with Crippen molar-refractivity contribution in [2.45, 2.75) is 87.6 Å². The Morgan fingerprint density at radius 1 is 1.05 bits per heavy atom. The average Bonchev–Trinajstić information content (AvgIpc) is 3.84. The zero-order valence-electron chi connectivity index (χ0n) is 33.1. The SMILES string of the molecule is CCC1=C[C@@H]2CN(C1)Cc1c([nH]c3ccccc13)[C@@](C(=O)OC)(c1cc3c(cc1OC)N(C)[C@H]1[C@@](O)(C(=O)O)[C@H](OC(C)=O)[C@]4(CC)C=CCN5CC[C@]31[C@@H]54)C2. The molecule has 6 aliphatic rings. The number of nitrogens with zero attached hydrogens (tertiary/aromatic N) is 3. The van der Waals surface area contributed by atoms with Gasteiger partial charge in [0, 0.05) is 90.9 Å². The predicted molar refractivity (Wildman–Crippen MR) is 210 cm³/mol. The number of methoxy groups -OCH3 is 2. The molecule has 56 heavy (non-hydrogen) atoms. The van der Waals surface area contributed by atoms with Gasteiger partial charge in [0.15, 0.2) is 6.10 Å². The van der Waals surface area contributed by atoms with E-state index in [2.05, 4.69) is 39.9 Å². The number of carbonyl (C=O) groups excluding carboxylic acids is 2. The predicted octanol–water partition coefficient (Wildman–Crippen LogP) is 4.67. The maximum Gasteiger partial charge on any atom is 0.341 e. The Bertz CT molecular complexity index is 2230. The zero-order chi connectivity index (χ0) is 39.5. The summed E-state index contributed by atoms with van der Waals surface area (Å²) < 4.78 is 18.2. The third-order valence-electron chi connectivity index (χ3n) is 14.6. The topological polar surface area (TPSA) is 145 Å². The van der Waals surface area contributed by atoms with E-state index in [-0.39, 0.29) is 12.0 Å². The van der Waals surface area contributed by atoms with E-state index in [4.69, 9.17) is 14.2 Å². The third kappa shape index (κ3) is 4.54. The Hall–Kier alpha value is -4.65. The summed E-state index contributed by atoms with van der Waals surface area (Å²) >= 11 is 0. The molecule has 9 atom stereocenters. The fourth-order valence-corrected chi connectivity index (χ4v) is 12.7. The van der Waals surface area contributed by atoms with Crippen LogP contribution in [0.25, 0.3) is 10.9 Å². The van der Waals surface area contributed by atoms with Crippen LogP contribution >= 0.6 is 0 Å². The monoisotopic (exact) mass is 764 g/mol. The molecule has 6 heterocycles. The standard InChI is InChI=1S/C44H52N4O8/c1-7-26-18-27-21-43(40(52)55-6,35-29(24-47(22-26)23-27)28-12-9-10-13-32(28)45-35)31-19-30-33(20-34(31)54-5)46(4)37-42(30)15-17-48-16-11-14-41(8-2,36(42)48)38(56-25(3)49)44(37,53)39(50)51/h9-14,18-20,27,36-38,45,53H,7-8,15-17,21-24H2,1-6H3,(H,50,51)/t27-,36-,37+,38+,41+,42+,43-,44-/m0/s1. The number of aromatic amines is 1. The van der Waals surface area contributed by atoms with Crippen molar-refractivity contribution in [3.63, 3.8) is 0 Å². The molecule has 2 fully saturated rings. The number of hydrogen-bond acceptors (Lipinski definition) is 10. The molecule has 1 aliphatic carbocycles. The number of likely N-dealkylation sites (N-methyl/N-ethyl adjacent to an activating group) is 1. The molecular weight excluding hydrogens is 713 g/mol. The second-order valence-corrected chi connectivity index (χ2v) is 17.0. The highest BCUT2D eigenvalue weighted by Crippen LogP contribution is 2.68. The number of carboxylic acids is 1. The summed E-state index contributed by atoms with van der Waals surface area (Å²) in [6, 6.07) is 10.8. The van der Waals surface area contributed by atoms with Crippen LogP contribution in [0.3, 0.4) is 0 Å². The number of rotatable bonds is 7. The van der Waals surface area contributed by atoms with Crippen molar-refractivity contribution in [2.75, 3.05) is 52.3 Å². The minimum Gasteiger partial charge on any atom is -0.496 e. The Morgan fingerprint density at radius 2 is 1.84 bits per heavy atom. The first-order chi connectivity index (χ1) is 26.8. The number of nitrogens with one attached hydrogen (secondary N) is 1. The maximum atomic E-state index is 15.1. The summed E-state index contributed by atoms with van der Waals surface area (Å²) in [6.45, 7) is 8.96. The molecule has 2 bridgehead atoms. The number of anilines is 1. The van der Waals surface area contributed by atoms with Gasteiger partial charge in [0.05, 0.1) is 20.3 Å².